The van der Waals surface area contributed by atoms with Gasteiger partial charge in [-0.25, -0.2) is 0 Å². The zero-order valence-electron chi connectivity index (χ0n) is 13.0. The number of fused-ring (bicyclic) bond motifs is 1. The van der Waals surface area contributed by atoms with Crippen molar-refractivity contribution in [2.75, 3.05) is 0 Å². The summed E-state index contributed by atoms with van der Waals surface area (Å²) < 4.78 is 0. The number of nitro groups is 1. The molecule has 4 heteroatoms. The van der Waals surface area contributed by atoms with Crippen LogP contribution in [0.1, 0.15) is 25.3 Å². The number of allylic oxidation sites excluding steroid dienone is 3. The Bertz CT molecular complexity index is 731. The Balaban J connectivity index is 1.67. The summed E-state index contributed by atoms with van der Waals surface area (Å²) in [6, 6.07) is 6.43. The van der Waals surface area contributed by atoms with Gasteiger partial charge in [0.25, 0.3) is 5.69 Å². The minimum absolute atomic E-state index is 0.0776. The maximum Gasteiger partial charge on any atom is 0.269 e. The first-order chi connectivity index (χ1) is 11.1. The number of carbonyl (C=O) groups excluding carboxylic acids is 1. The van der Waals surface area contributed by atoms with Crippen molar-refractivity contribution in [3.8, 4) is 0 Å². The summed E-state index contributed by atoms with van der Waals surface area (Å²) in [6.07, 6.45) is 8.83. The SMILES string of the molecule is C[C@@H]1/C(=C\c2ccc([N+](=O)[O-])cc2)C(=O)[C@@H]2[C@H]1C1C=C[C@@H]2CC1. The summed E-state index contributed by atoms with van der Waals surface area (Å²) >= 11 is 0. The standard InChI is InChI=1S/C19H19NO3/c1-11-16(10-12-2-8-15(9-3-12)20(22)23)19(21)18-14-6-4-13(5-7-14)17(11)18/h2-4,6,8-11,13-14,17-18H,5,7H2,1H3/b16-10+/t11-,13?,14-,17-,18+/m1/s1. The van der Waals surface area contributed by atoms with Crippen LogP contribution in [0, 0.1) is 39.7 Å². The van der Waals surface area contributed by atoms with Crippen molar-refractivity contribution in [2.24, 2.45) is 29.6 Å². The van der Waals surface area contributed by atoms with E-state index < -0.39 is 4.92 Å². The third-order valence-electron chi connectivity index (χ3n) is 5.89. The van der Waals surface area contributed by atoms with Gasteiger partial charge in [0.15, 0.2) is 5.78 Å². The highest BCUT2D eigenvalue weighted by molar-refractivity contribution is 6.04. The highest BCUT2D eigenvalue weighted by Crippen LogP contribution is 2.55. The molecular weight excluding hydrogens is 290 g/mol. The fourth-order valence-electron chi connectivity index (χ4n) is 4.78. The summed E-state index contributed by atoms with van der Waals surface area (Å²) in [6.45, 7) is 2.16. The molecule has 1 aromatic rings. The fourth-order valence-corrected chi connectivity index (χ4v) is 4.78. The van der Waals surface area contributed by atoms with Crippen molar-refractivity contribution in [1.82, 2.24) is 0 Å². The predicted molar refractivity (Wildman–Crippen MR) is 87.6 cm³/mol. The number of benzene rings is 1. The molecule has 1 aromatic carbocycles. The van der Waals surface area contributed by atoms with Gasteiger partial charge in [0, 0.05) is 18.1 Å². The number of rotatable bonds is 2. The van der Waals surface area contributed by atoms with Crippen LogP contribution in [0.5, 0.6) is 0 Å². The Kier molecular flexibility index (Phi) is 3.22. The van der Waals surface area contributed by atoms with E-state index in [1.54, 1.807) is 12.1 Å². The molecule has 0 spiro atoms. The maximum atomic E-state index is 12.9. The Morgan fingerprint density at radius 1 is 1.13 bits per heavy atom. The van der Waals surface area contributed by atoms with Gasteiger partial charge < -0.3 is 0 Å². The van der Waals surface area contributed by atoms with Gasteiger partial charge in [-0.15, -0.1) is 0 Å². The van der Waals surface area contributed by atoms with E-state index in [2.05, 4.69) is 19.1 Å². The van der Waals surface area contributed by atoms with Crippen molar-refractivity contribution in [3.63, 3.8) is 0 Å². The van der Waals surface area contributed by atoms with Crippen LogP contribution in [-0.2, 0) is 4.79 Å². The van der Waals surface area contributed by atoms with Crippen LogP contribution in [0.15, 0.2) is 42.0 Å². The molecule has 0 amide bonds. The van der Waals surface area contributed by atoms with Crippen molar-refractivity contribution >= 4 is 17.5 Å². The molecule has 4 nitrogen and oxygen atoms in total. The molecule has 2 fully saturated rings. The third-order valence-corrected chi connectivity index (χ3v) is 5.89. The Morgan fingerprint density at radius 2 is 1.78 bits per heavy atom. The molecule has 0 aromatic heterocycles. The second-order valence-electron chi connectivity index (χ2n) is 6.99. The summed E-state index contributed by atoms with van der Waals surface area (Å²) in [4.78, 5) is 23.2. The molecule has 0 aliphatic heterocycles. The van der Waals surface area contributed by atoms with E-state index in [9.17, 15) is 14.9 Å². The zero-order chi connectivity index (χ0) is 16.1. The molecule has 4 aliphatic carbocycles. The van der Waals surface area contributed by atoms with Crippen LogP contribution >= 0.6 is 0 Å². The lowest BCUT2D eigenvalue weighted by Crippen LogP contribution is -2.37. The lowest BCUT2D eigenvalue weighted by Gasteiger charge is -2.41. The number of carbonyl (C=O) groups is 1. The Labute approximate surface area is 135 Å². The topological polar surface area (TPSA) is 60.2 Å². The van der Waals surface area contributed by atoms with Crippen LogP contribution in [0.3, 0.4) is 0 Å². The molecule has 4 aliphatic rings. The largest absolute Gasteiger partial charge is 0.294 e. The number of Topliss-reactive ketones (excluding diaryl/α,β-unsaturated/α-hetero) is 1. The molecular formula is C19H19NO3. The average molecular weight is 309 g/mol. The second-order valence-corrected chi connectivity index (χ2v) is 6.99. The van der Waals surface area contributed by atoms with E-state index in [1.807, 2.05) is 6.08 Å². The number of non-ortho nitro benzene ring substituents is 1. The summed E-state index contributed by atoms with van der Waals surface area (Å²) in [5, 5.41) is 10.7. The average Bonchev–Trinajstić information content (AvgIpc) is 2.83. The smallest absolute Gasteiger partial charge is 0.269 e. The fraction of sp³-hybridized carbons (Fsp3) is 0.421. The number of hydrogen-bond donors (Lipinski definition) is 0. The quantitative estimate of drug-likeness (QED) is 0.359. The monoisotopic (exact) mass is 309 g/mol. The predicted octanol–water partition coefficient (Wildman–Crippen LogP) is 4.03. The highest BCUT2D eigenvalue weighted by Gasteiger charge is 2.53. The van der Waals surface area contributed by atoms with Crippen LogP contribution in [0.4, 0.5) is 5.69 Å². The molecule has 2 bridgehead atoms. The van der Waals surface area contributed by atoms with Gasteiger partial charge in [-0.2, -0.15) is 0 Å². The highest BCUT2D eigenvalue weighted by atomic mass is 16.6. The number of nitro benzene ring substituents is 1. The lowest BCUT2D eigenvalue weighted by atomic mass is 9.62. The number of ketones is 1. The molecule has 0 N–H and O–H groups in total. The number of nitrogens with zero attached hydrogens (tertiary/aromatic N) is 1. The minimum Gasteiger partial charge on any atom is -0.294 e. The third kappa shape index (κ3) is 2.16. The van der Waals surface area contributed by atoms with Gasteiger partial charge in [-0.1, -0.05) is 19.1 Å². The van der Waals surface area contributed by atoms with Crippen LogP contribution in [-0.4, -0.2) is 10.7 Å². The first-order valence-electron chi connectivity index (χ1n) is 8.25. The van der Waals surface area contributed by atoms with Gasteiger partial charge in [-0.3, -0.25) is 14.9 Å². The molecule has 2 saturated carbocycles. The van der Waals surface area contributed by atoms with Gasteiger partial charge >= 0.3 is 0 Å². The van der Waals surface area contributed by atoms with Crippen LogP contribution in [0.2, 0.25) is 0 Å². The van der Waals surface area contributed by atoms with Crippen molar-refractivity contribution in [1.29, 1.82) is 0 Å². The lowest BCUT2D eigenvalue weighted by molar-refractivity contribution is -0.384. The summed E-state index contributed by atoms with van der Waals surface area (Å²) in [7, 11) is 0. The molecule has 0 heterocycles. The van der Waals surface area contributed by atoms with Crippen LogP contribution < -0.4 is 0 Å². The van der Waals surface area contributed by atoms with Crippen LogP contribution in [0.25, 0.3) is 6.08 Å². The molecule has 0 saturated heterocycles. The van der Waals surface area contributed by atoms with Gasteiger partial charge in [0.2, 0.25) is 0 Å². The Hall–Kier alpha value is -2.23. The van der Waals surface area contributed by atoms with E-state index in [0.717, 1.165) is 17.6 Å². The second kappa shape index (κ2) is 5.15. The van der Waals surface area contributed by atoms with Gasteiger partial charge in [0.05, 0.1) is 4.92 Å². The van der Waals surface area contributed by atoms with E-state index in [1.165, 1.54) is 18.6 Å². The van der Waals surface area contributed by atoms with Gasteiger partial charge in [-0.05, 0) is 65.9 Å². The molecule has 118 valence electrons. The number of hydrogen-bond acceptors (Lipinski definition) is 3. The van der Waals surface area contributed by atoms with E-state index >= 15 is 0 Å². The van der Waals surface area contributed by atoms with E-state index in [-0.39, 0.29) is 17.5 Å². The van der Waals surface area contributed by atoms with E-state index in [4.69, 9.17) is 0 Å². The molecule has 1 unspecified atom stereocenters. The van der Waals surface area contributed by atoms with Crippen molar-refractivity contribution < 1.29 is 9.72 Å². The van der Waals surface area contributed by atoms with Crippen molar-refractivity contribution in [3.05, 3.63) is 57.7 Å². The molecule has 0 radical (unpaired) electrons. The molecule has 23 heavy (non-hydrogen) atoms. The minimum atomic E-state index is -0.405. The van der Waals surface area contributed by atoms with Crippen molar-refractivity contribution in [2.45, 2.75) is 19.8 Å². The Morgan fingerprint density at radius 3 is 2.35 bits per heavy atom. The summed E-state index contributed by atoms with van der Waals surface area (Å²) in [5.74, 6) is 2.09. The zero-order valence-corrected chi connectivity index (χ0v) is 13.0. The molecule has 5 atom stereocenters. The van der Waals surface area contributed by atoms with E-state index in [0.29, 0.717) is 23.5 Å². The first kappa shape index (κ1) is 14.4. The normalized spacial score (nSPS) is 36.5. The van der Waals surface area contributed by atoms with Gasteiger partial charge in [0.1, 0.15) is 0 Å². The maximum absolute atomic E-state index is 12.9. The first-order valence-corrected chi connectivity index (χ1v) is 8.25. The molecule has 5 rings (SSSR count). The summed E-state index contributed by atoms with van der Waals surface area (Å²) in [5.41, 5.74) is 1.84.